The molecule has 0 spiro atoms. The van der Waals surface area contributed by atoms with Crippen LogP contribution in [0.2, 0.25) is 5.02 Å². The maximum atomic E-state index is 14.6. The van der Waals surface area contributed by atoms with Crippen molar-refractivity contribution in [3.8, 4) is 0 Å². The van der Waals surface area contributed by atoms with Crippen molar-refractivity contribution >= 4 is 35.2 Å². The predicted octanol–water partition coefficient (Wildman–Crippen LogP) is 7.70. The van der Waals surface area contributed by atoms with Crippen LogP contribution < -0.4 is 10.6 Å². The molecule has 1 aliphatic heterocycles. The van der Waals surface area contributed by atoms with Crippen LogP contribution in [0.4, 0.5) is 10.5 Å². The van der Waals surface area contributed by atoms with Crippen LogP contribution in [0.5, 0.6) is 0 Å². The number of rotatable bonds is 7. The number of hydrogen-bond acceptors (Lipinski definition) is 4. The van der Waals surface area contributed by atoms with E-state index >= 15 is 0 Å². The summed E-state index contributed by atoms with van der Waals surface area (Å²) in [5.74, 6) is 1.90. The van der Waals surface area contributed by atoms with Gasteiger partial charge in [-0.15, -0.1) is 0 Å². The van der Waals surface area contributed by atoms with Crippen LogP contribution in [-0.2, 0) is 14.3 Å². The molecule has 0 radical (unpaired) electrons. The van der Waals surface area contributed by atoms with Gasteiger partial charge in [-0.1, -0.05) is 67.3 Å². The molecule has 8 rings (SSSR count). The highest BCUT2D eigenvalue weighted by molar-refractivity contribution is 6.30. The summed E-state index contributed by atoms with van der Waals surface area (Å²) in [7, 11) is 0. The number of carbonyl (C=O) groups excluding carboxylic acids is 3. The highest BCUT2D eigenvalue weighted by Crippen LogP contribution is 2.57. The van der Waals surface area contributed by atoms with Gasteiger partial charge in [-0.25, -0.2) is 4.79 Å². The van der Waals surface area contributed by atoms with E-state index in [1.807, 2.05) is 23.1 Å². The minimum absolute atomic E-state index is 0.0581. The number of ether oxygens (including phenoxy) is 1. The third-order valence-electron chi connectivity index (χ3n) is 11.5. The first kappa shape index (κ1) is 30.6. The summed E-state index contributed by atoms with van der Waals surface area (Å²) >= 11 is 6.15. The zero-order chi connectivity index (χ0) is 31.0. The first-order valence-corrected chi connectivity index (χ1v) is 17.6. The van der Waals surface area contributed by atoms with E-state index in [0.717, 1.165) is 56.9 Å². The minimum Gasteiger partial charge on any atom is -0.458 e. The fraction of sp³-hybridized carbons (Fsp3) is 0.595. The second kappa shape index (κ2) is 13.0. The van der Waals surface area contributed by atoms with E-state index in [1.165, 1.54) is 25.7 Å². The van der Waals surface area contributed by atoms with Gasteiger partial charge in [-0.2, -0.15) is 0 Å². The number of amides is 3. The molecular formula is C37H46ClN3O4. The van der Waals surface area contributed by atoms with Crippen LogP contribution in [-0.4, -0.2) is 47.0 Å². The molecule has 240 valence electrons. The van der Waals surface area contributed by atoms with Crippen molar-refractivity contribution in [2.45, 2.75) is 107 Å². The number of hydrogen-bond donors (Lipinski definition) is 2. The topological polar surface area (TPSA) is 87.7 Å². The van der Waals surface area contributed by atoms with E-state index in [0.29, 0.717) is 40.8 Å². The number of urea groups is 1. The third kappa shape index (κ3) is 6.89. The van der Waals surface area contributed by atoms with Crippen LogP contribution in [0.25, 0.3) is 0 Å². The van der Waals surface area contributed by atoms with Crippen LogP contribution in [0.1, 0.15) is 95.0 Å². The SMILES string of the molecule is O=C(Nc1cccc(Cl)c1)NC1CC(c2ccccc2)CC(C2CCCCC2)N(CC(=O)OC23CC4CC(CC(C4)C2)C3)C1=O. The molecule has 3 unspecified atom stereocenters. The number of anilines is 1. The van der Waals surface area contributed by atoms with Crippen molar-refractivity contribution in [3.05, 3.63) is 65.2 Å². The Kier molecular flexibility index (Phi) is 8.82. The van der Waals surface area contributed by atoms with Crippen LogP contribution in [0, 0.1) is 23.7 Å². The van der Waals surface area contributed by atoms with E-state index in [1.54, 1.807) is 24.3 Å². The normalized spacial score (nSPS) is 33.0. The molecule has 5 saturated carbocycles. The van der Waals surface area contributed by atoms with Crippen molar-refractivity contribution in [1.82, 2.24) is 10.2 Å². The van der Waals surface area contributed by atoms with Gasteiger partial charge < -0.3 is 20.3 Å². The number of esters is 1. The molecule has 2 aromatic rings. The van der Waals surface area contributed by atoms with E-state index < -0.39 is 12.1 Å². The number of benzene rings is 2. The average Bonchev–Trinajstić information content (AvgIpc) is 3.13. The van der Waals surface area contributed by atoms with E-state index in [9.17, 15) is 14.4 Å². The number of halogens is 1. The Bertz CT molecular complexity index is 1360. The van der Waals surface area contributed by atoms with Crippen molar-refractivity contribution < 1.29 is 19.1 Å². The summed E-state index contributed by atoms with van der Waals surface area (Å²) in [6.07, 6.45) is 13.5. The molecule has 45 heavy (non-hydrogen) atoms. The Labute approximate surface area is 271 Å². The fourth-order valence-electron chi connectivity index (χ4n) is 10.0. The second-order valence-corrected chi connectivity index (χ2v) is 15.2. The first-order chi connectivity index (χ1) is 21.8. The monoisotopic (exact) mass is 631 g/mol. The van der Waals surface area contributed by atoms with E-state index in [-0.39, 0.29) is 36.0 Å². The van der Waals surface area contributed by atoms with Gasteiger partial charge in [0.1, 0.15) is 18.2 Å². The van der Waals surface area contributed by atoms with Gasteiger partial charge in [0.05, 0.1) is 0 Å². The van der Waals surface area contributed by atoms with Crippen molar-refractivity contribution in [2.75, 3.05) is 11.9 Å². The lowest BCUT2D eigenvalue weighted by molar-refractivity contribution is -0.189. The van der Waals surface area contributed by atoms with Crippen molar-refractivity contribution in [2.24, 2.45) is 23.7 Å². The molecule has 2 aromatic carbocycles. The Hall–Kier alpha value is -3.06. The van der Waals surface area contributed by atoms with Crippen molar-refractivity contribution in [3.63, 3.8) is 0 Å². The van der Waals surface area contributed by atoms with Crippen molar-refractivity contribution in [1.29, 1.82) is 0 Å². The summed E-state index contributed by atoms with van der Waals surface area (Å²) in [6.45, 7) is -0.0582. The second-order valence-electron chi connectivity index (χ2n) is 14.7. The molecule has 2 N–H and O–H groups in total. The van der Waals surface area contributed by atoms with Gasteiger partial charge in [-0.05, 0) is 118 Å². The number of nitrogens with zero attached hydrogens (tertiary/aromatic N) is 1. The average molecular weight is 632 g/mol. The minimum atomic E-state index is -0.782. The van der Waals surface area contributed by atoms with Gasteiger partial charge in [-0.3, -0.25) is 9.59 Å². The van der Waals surface area contributed by atoms with Gasteiger partial charge in [0.2, 0.25) is 5.91 Å². The van der Waals surface area contributed by atoms with Crippen LogP contribution in [0.3, 0.4) is 0 Å². The largest absolute Gasteiger partial charge is 0.458 e. The van der Waals surface area contributed by atoms with Gasteiger partial charge in [0, 0.05) is 16.8 Å². The first-order valence-electron chi connectivity index (χ1n) is 17.2. The van der Waals surface area contributed by atoms with Gasteiger partial charge in [0.25, 0.3) is 0 Å². The fourth-order valence-corrected chi connectivity index (χ4v) is 10.2. The molecule has 5 aliphatic carbocycles. The smallest absolute Gasteiger partial charge is 0.326 e. The number of carbonyl (C=O) groups is 3. The number of likely N-dealkylation sites (tertiary alicyclic amines) is 1. The molecule has 3 atom stereocenters. The lowest BCUT2D eigenvalue weighted by Gasteiger charge is -2.55. The molecular weight excluding hydrogens is 586 g/mol. The van der Waals surface area contributed by atoms with E-state index in [4.69, 9.17) is 16.3 Å². The lowest BCUT2D eigenvalue weighted by Crippen LogP contribution is -2.56. The quantitative estimate of drug-likeness (QED) is 0.307. The van der Waals surface area contributed by atoms with Crippen LogP contribution in [0.15, 0.2) is 54.6 Å². The molecule has 3 amide bonds. The third-order valence-corrected chi connectivity index (χ3v) is 11.7. The summed E-state index contributed by atoms with van der Waals surface area (Å²) in [5, 5.41) is 6.35. The number of nitrogens with one attached hydrogen (secondary N) is 2. The molecule has 1 saturated heterocycles. The van der Waals surface area contributed by atoms with E-state index in [2.05, 4.69) is 22.8 Å². The molecule has 6 aliphatic rings. The standard InChI is InChI=1S/C37H46ClN3O4/c38-30-12-7-13-31(19-30)39-36(44)40-32-17-29(27-8-3-1-4-9-27)18-33(28-10-5-2-6-11-28)41(35(32)43)23-34(42)45-37-20-24-14-25(21-37)16-26(15-24)22-37/h1,3-4,7-9,12-13,19,24-26,28-29,32-33H,2,5-6,10-11,14-18,20-23H2,(H2,39,40,44). The Morgan fingerprint density at radius 3 is 2.22 bits per heavy atom. The summed E-state index contributed by atoms with van der Waals surface area (Å²) < 4.78 is 6.45. The van der Waals surface area contributed by atoms with Gasteiger partial charge >= 0.3 is 12.0 Å². The molecule has 1 heterocycles. The molecule has 8 heteroatoms. The zero-order valence-electron chi connectivity index (χ0n) is 26.1. The zero-order valence-corrected chi connectivity index (χ0v) is 26.9. The summed E-state index contributed by atoms with van der Waals surface area (Å²) in [5.41, 5.74) is 1.35. The summed E-state index contributed by atoms with van der Waals surface area (Å²) in [6, 6.07) is 15.9. The molecule has 6 fully saturated rings. The molecule has 4 bridgehead atoms. The Morgan fingerprint density at radius 1 is 0.867 bits per heavy atom. The van der Waals surface area contributed by atoms with Crippen LogP contribution >= 0.6 is 11.6 Å². The van der Waals surface area contributed by atoms with Gasteiger partial charge in [0.15, 0.2) is 0 Å². The lowest BCUT2D eigenvalue weighted by atomic mass is 9.54. The highest BCUT2D eigenvalue weighted by atomic mass is 35.5. The Balaban J connectivity index is 1.15. The predicted molar refractivity (Wildman–Crippen MR) is 175 cm³/mol. The maximum absolute atomic E-state index is 14.6. The molecule has 0 aromatic heterocycles. The highest BCUT2D eigenvalue weighted by Gasteiger charge is 2.53. The molecule has 7 nitrogen and oxygen atoms in total. The summed E-state index contributed by atoms with van der Waals surface area (Å²) in [4.78, 5) is 43.6. The maximum Gasteiger partial charge on any atom is 0.326 e. The Morgan fingerprint density at radius 2 is 1.56 bits per heavy atom.